The largest absolute Gasteiger partial charge is 0.495 e. The van der Waals surface area contributed by atoms with E-state index < -0.39 is 0 Å². The highest BCUT2D eigenvalue weighted by Crippen LogP contribution is 2.27. The van der Waals surface area contributed by atoms with E-state index in [1.54, 1.807) is 7.11 Å². The minimum absolute atomic E-state index is 0.0700. The molecule has 0 heterocycles. The van der Waals surface area contributed by atoms with Crippen molar-refractivity contribution < 1.29 is 9.53 Å². The highest BCUT2D eigenvalue weighted by Gasteiger charge is 2.16. The van der Waals surface area contributed by atoms with Gasteiger partial charge in [-0.1, -0.05) is 23.7 Å². The maximum absolute atomic E-state index is 12.2. The lowest BCUT2D eigenvalue weighted by Crippen LogP contribution is -2.22. The van der Waals surface area contributed by atoms with Crippen molar-refractivity contribution in [3.8, 4) is 5.75 Å². The zero-order valence-electron chi connectivity index (χ0n) is 11.8. The number of nitrogens with one attached hydrogen (secondary N) is 1. The van der Waals surface area contributed by atoms with Gasteiger partial charge < -0.3 is 10.1 Å². The van der Waals surface area contributed by atoms with E-state index in [-0.39, 0.29) is 11.2 Å². The standard InChI is InChI=1S/C16H16ClNO2S/c1-11(21-13-9-7-12(17)8-10-13)16(19)18-14-5-3-4-6-15(14)20-2/h3-11H,1-2H3,(H,18,19)/t11-/m0/s1. The molecule has 1 atom stereocenters. The first-order chi connectivity index (χ1) is 10.1. The van der Waals surface area contributed by atoms with Gasteiger partial charge in [-0.15, -0.1) is 11.8 Å². The van der Waals surface area contributed by atoms with Crippen molar-refractivity contribution in [2.45, 2.75) is 17.1 Å². The average Bonchev–Trinajstić information content (AvgIpc) is 2.50. The fourth-order valence-electron chi connectivity index (χ4n) is 1.75. The van der Waals surface area contributed by atoms with Crippen molar-refractivity contribution in [1.82, 2.24) is 0 Å². The monoisotopic (exact) mass is 321 g/mol. The number of methoxy groups -OCH3 is 1. The molecule has 0 aromatic heterocycles. The zero-order chi connectivity index (χ0) is 15.2. The summed E-state index contributed by atoms with van der Waals surface area (Å²) in [7, 11) is 1.58. The first-order valence-corrected chi connectivity index (χ1v) is 7.72. The fraction of sp³-hybridized carbons (Fsp3) is 0.188. The van der Waals surface area contributed by atoms with Crippen LogP contribution in [0.1, 0.15) is 6.92 Å². The Bertz CT molecular complexity index is 616. The molecule has 1 N–H and O–H groups in total. The molecule has 3 nitrogen and oxygen atoms in total. The summed E-state index contributed by atoms with van der Waals surface area (Å²) in [5.41, 5.74) is 0.675. The second-order valence-electron chi connectivity index (χ2n) is 4.40. The molecule has 2 aromatic carbocycles. The van der Waals surface area contributed by atoms with Crippen molar-refractivity contribution >= 4 is 35.0 Å². The van der Waals surface area contributed by atoms with E-state index in [1.165, 1.54) is 11.8 Å². The second-order valence-corrected chi connectivity index (χ2v) is 6.25. The molecule has 0 spiro atoms. The Morgan fingerprint density at radius 1 is 1.19 bits per heavy atom. The average molecular weight is 322 g/mol. The fourth-order valence-corrected chi connectivity index (χ4v) is 2.75. The van der Waals surface area contributed by atoms with Crippen LogP contribution in [-0.4, -0.2) is 18.3 Å². The number of thioether (sulfide) groups is 1. The molecule has 0 aliphatic heterocycles. The Labute approximate surface area is 133 Å². The number of halogens is 1. The van der Waals surface area contributed by atoms with Gasteiger partial charge in [0.1, 0.15) is 5.75 Å². The molecule has 0 fully saturated rings. The van der Waals surface area contributed by atoms with E-state index in [0.717, 1.165) is 4.90 Å². The van der Waals surface area contributed by atoms with Crippen LogP contribution in [0.15, 0.2) is 53.4 Å². The van der Waals surface area contributed by atoms with E-state index in [9.17, 15) is 4.79 Å². The number of anilines is 1. The topological polar surface area (TPSA) is 38.3 Å². The molecular formula is C16H16ClNO2S. The van der Waals surface area contributed by atoms with Crippen molar-refractivity contribution in [3.05, 3.63) is 53.6 Å². The summed E-state index contributed by atoms with van der Waals surface area (Å²) in [5, 5.41) is 3.34. The molecule has 0 radical (unpaired) electrons. The van der Waals surface area contributed by atoms with Crippen LogP contribution in [0.4, 0.5) is 5.69 Å². The minimum Gasteiger partial charge on any atom is -0.495 e. The molecule has 0 unspecified atom stereocenters. The molecular weight excluding hydrogens is 306 g/mol. The highest BCUT2D eigenvalue weighted by molar-refractivity contribution is 8.00. The van der Waals surface area contributed by atoms with Crippen molar-refractivity contribution in [2.75, 3.05) is 12.4 Å². The molecule has 21 heavy (non-hydrogen) atoms. The summed E-state index contributed by atoms with van der Waals surface area (Å²) in [6.07, 6.45) is 0. The smallest absolute Gasteiger partial charge is 0.237 e. The minimum atomic E-state index is -0.226. The van der Waals surface area contributed by atoms with Gasteiger partial charge in [-0.05, 0) is 43.3 Å². The quantitative estimate of drug-likeness (QED) is 0.826. The van der Waals surface area contributed by atoms with Crippen molar-refractivity contribution in [3.63, 3.8) is 0 Å². The van der Waals surface area contributed by atoms with Crippen LogP contribution in [0.5, 0.6) is 5.75 Å². The van der Waals surface area contributed by atoms with Gasteiger partial charge >= 0.3 is 0 Å². The number of amides is 1. The third kappa shape index (κ3) is 4.41. The molecule has 0 aliphatic rings. The van der Waals surface area contributed by atoms with Gasteiger partial charge in [-0.3, -0.25) is 4.79 Å². The molecule has 0 aliphatic carbocycles. The number of carbonyl (C=O) groups excluding carboxylic acids is 1. The molecule has 1 amide bonds. The van der Waals surface area contributed by atoms with Crippen molar-refractivity contribution in [2.24, 2.45) is 0 Å². The Balaban J connectivity index is 2.01. The number of benzene rings is 2. The summed E-state index contributed by atoms with van der Waals surface area (Å²) in [5.74, 6) is 0.578. The molecule has 0 bridgehead atoms. The lowest BCUT2D eigenvalue weighted by atomic mass is 10.3. The Morgan fingerprint density at radius 2 is 1.86 bits per heavy atom. The summed E-state index contributed by atoms with van der Waals surface area (Å²) < 4.78 is 5.22. The molecule has 5 heteroatoms. The number of rotatable bonds is 5. The summed E-state index contributed by atoms with van der Waals surface area (Å²) in [6.45, 7) is 1.87. The van der Waals surface area contributed by atoms with Gasteiger partial charge in [-0.2, -0.15) is 0 Å². The SMILES string of the molecule is COc1ccccc1NC(=O)[C@H](C)Sc1ccc(Cl)cc1. The first-order valence-electron chi connectivity index (χ1n) is 6.46. The molecule has 110 valence electrons. The van der Waals surface area contributed by atoms with E-state index in [0.29, 0.717) is 16.5 Å². The van der Waals surface area contributed by atoms with Crippen LogP contribution in [0, 0.1) is 0 Å². The van der Waals surface area contributed by atoms with E-state index >= 15 is 0 Å². The third-order valence-corrected chi connectivity index (χ3v) is 4.22. The Morgan fingerprint density at radius 3 is 2.52 bits per heavy atom. The van der Waals surface area contributed by atoms with Crippen LogP contribution in [0.25, 0.3) is 0 Å². The number of ether oxygens (including phenoxy) is 1. The van der Waals surface area contributed by atoms with Crippen LogP contribution < -0.4 is 10.1 Å². The summed E-state index contributed by atoms with van der Waals surface area (Å²) in [4.78, 5) is 13.2. The Hall–Kier alpha value is -1.65. The maximum atomic E-state index is 12.2. The van der Waals surface area contributed by atoms with E-state index in [1.807, 2.05) is 55.5 Å². The molecule has 0 saturated heterocycles. The van der Waals surface area contributed by atoms with E-state index in [2.05, 4.69) is 5.32 Å². The van der Waals surface area contributed by atoms with E-state index in [4.69, 9.17) is 16.3 Å². The normalized spacial score (nSPS) is 11.8. The van der Waals surface area contributed by atoms with Crippen LogP contribution in [0.2, 0.25) is 5.02 Å². The Kier molecular flexibility index (Phi) is 5.53. The highest BCUT2D eigenvalue weighted by atomic mass is 35.5. The lowest BCUT2D eigenvalue weighted by molar-refractivity contribution is -0.115. The maximum Gasteiger partial charge on any atom is 0.237 e. The predicted octanol–water partition coefficient (Wildman–Crippen LogP) is 4.47. The number of hydrogen-bond acceptors (Lipinski definition) is 3. The summed E-state index contributed by atoms with van der Waals surface area (Å²) in [6, 6.07) is 14.8. The van der Waals surface area contributed by atoms with Crippen molar-refractivity contribution in [1.29, 1.82) is 0 Å². The molecule has 2 aromatic rings. The van der Waals surface area contributed by atoms with Gasteiger partial charge in [0.2, 0.25) is 5.91 Å². The van der Waals surface area contributed by atoms with Gasteiger partial charge in [0.05, 0.1) is 18.0 Å². The first kappa shape index (κ1) is 15.7. The predicted molar refractivity (Wildman–Crippen MR) is 88.4 cm³/mol. The number of hydrogen-bond donors (Lipinski definition) is 1. The van der Waals surface area contributed by atoms with Crippen LogP contribution in [0.3, 0.4) is 0 Å². The van der Waals surface area contributed by atoms with Gasteiger partial charge in [0, 0.05) is 9.92 Å². The second kappa shape index (κ2) is 7.38. The van der Waals surface area contributed by atoms with Gasteiger partial charge in [0.15, 0.2) is 0 Å². The van der Waals surface area contributed by atoms with Gasteiger partial charge in [-0.25, -0.2) is 0 Å². The van der Waals surface area contributed by atoms with Crippen LogP contribution >= 0.6 is 23.4 Å². The summed E-state index contributed by atoms with van der Waals surface area (Å²) >= 11 is 7.33. The molecule has 2 rings (SSSR count). The molecule has 0 saturated carbocycles. The van der Waals surface area contributed by atoms with Gasteiger partial charge in [0.25, 0.3) is 0 Å². The lowest BCUT2D eigenvalue weighted by Gasteiger charge is -2.14. The number of para-hydroxylation sites is 2. The number of carbonyl (C=O) groups is 1. The third-order valence-electron chi connectivity index (χ3n) is 2.86. The zero-order valence-corrected chi connectivity index (χ0v) is 13.4. The van der Waals surface area contributed by atoms with Crippen LogP contribution in [-0.2, 0) is 4.79 Å².